The third-order valence-corrected chi connectivity index (χ3v) is 4.69. The zero-order valence-electron chi connectivity index (χ0n) is 14.9. The van der Waals surface area contributed by atoms with Gasteiger partial charge in [-0.05, 0) is 37.6 Å². The first-order chi connectivity index (χ1) is 13.2. The fraction of sp³-hybridized carbons (Fsp3) is 0.278. The minimum atomic E-state index is -4.55. The number of hydrogen-bond acceptors (Lipinski definition) is 5. The quantitative estimate of drug-likeness (QED) is 0.739. The van der Waals surface area contributed by atoms with E-state index in [1.165, 1.54) is 22.9 Å². The molecule has 1 aliphatic rings. The molecule has 0 aliphatic carbocycles. The number of benzene rings is 1. The molecule has 10 heteroatoms. The molecule has 1 atom stereocenters. The Hall–Kier alpha value is -3.14. The minimum Gasteiger partial charge on any atom is -0.439 e. The second-order valence-corrected chi connectivity index (χ2v) is 6.51. The van der Waals surface area contributed by atoms with Crippen molar-refractivity contribution in [1.29, 1.82) is 0 Å². The molecular formula is C18H15F3N4O3. The van der Waals surface area contributed by atoms with E-state index < -0.39 is 17.5 Å². The van der Waals surface area contributed by atoms with Crippen LogP contribution in [0, 0.1) is 6.92 Å². The first kappa shape index (κ1) is 18.2. The summed E-state index contributed by atoms with van der Waals surface area (Å²) in [7, 11) is 0. The van der Waals surface area contributed by atoms with Crippen LogP contribution < -0.4 is 10.4 Å². The van der Waals surface area contributed by atoms with E-state index in [9.17, 15) is 18.0 Å². The third-order valence-electron chi connectivity index (χ3n) is 4.69. The summed E-state index contributed by atoms with van der Waals surface area (Å²) < 4.78 is 52.2. The van der Waals surface area contributed by atoms with Crippen LogP contribution in [0.1, 0.15) is 23.9 Å². The van der Waals surface area contributed by atoms with Gasteiger partial charge in [0, 0.05) is 11.6 Å². The van der Waals surface area contributed by atoms with Crippen LogP contribution in [0.2, 0.25) is 0 Å². The lowest BCUT2D eigenvalue weighted by Crippen LogP contribution is -2.38. The number of ether oxygens (including phenoxy) is 2. The lowest BCUT2D eigenvalue weighted by Gasteiger charge is -2.27. The summed E-state index contributed by atoms with van der Waals surface area (Å²) in [5.74, 6) is 0.840. The molecule has 0 fully saturated rings. The number of aryl methyl sites for hydroxylation is 1. The predicted octanol–water partition coefficient (Wildman–Crippen LogP) is 3.36. The van der Waals surface area contributed by atoms with Crippen LogP contribution >= 0.6 is 0 Å². The number of pyridine rings is 1. The fourth-order valence-corrected chi connectivity index (χ4v) is 3.09. The number of aromatic nitrogens is 4. The molecule has 1 N–H and O–H groups in total. The van der Waals surface area contributed by atoms with Gasteiger partial charge in [-0.1, -0.05) is 6.07 Å². The lowest BCUT2D eigenvalue weighted by molar-refractivity contribution is -0.272. The van der Waals surface area contributed by atoms with Crippen molar-refractivity contribution >= 4 is 0 Å². The number of fused-ring (bicyclic) bond motifs is 1. The highest BCUT2D eigenvalue weighted by molar-refractivity contribution is 5.43. The van der Waals surface area contributed by atoms with Crippen molar-refractivity contribution in [3.05, 3.63) is 64.0 Å². The maximum absolute atomic E-state index is 13.4. The van der Waals surface area contributed by atoms with Crippen LogP contribution in [0.3, 0.4) is 0 Å². The minimum absolute atomic E-state index is 0.0229. The Morgan fingerprint density at radius 2 is 2.07 bits per heavy atom. The average molecular weight is 392 g/mol. The topological polar surface area (TPSA) is 82.0 Å². The zero-order valence-corrected chi connectivity index (χ0v) is 14.9. The van der Waals surface area contributed by atoms with Crippen LogP contribution in [0.25, 0.3) is 5.69 Å². The van der Waals surface area contributed by atoms with E-state index in [0.717, 1.165) is 6.92 Å². The predicted molar refractivity (Wildman–Crippen MR) is 91.4 cm³/mol. The molecule has 0 amide bonds. The number of rotatable bonds is 3. The van der Waals surface area contributed by atoms with Gasteiger partial charge in [-0.25, -0.2) is 19.4 Å². The Labute approximate surface area is 156 Å². The van der Waals surface area contributed by atoms with Gasteiger partial charge in [0.2, 0.25) is 5.88 Å². The molecule has 146 valence electrons. The molecule has 2 aromatic heterocycles. The summed E-state index contributed by atoms with van der Waals surface area (Å²) in [6.45, 7) is 2.55. The molecule has 0 spiro atoms. The first-order valence-electron chi connectivity index (χ1n) is 8.31. The van der Waals surface area contributed by atoms with E-state index in [2.05, 4.69) is 15.2 Å². The van der Waals surface area contributed by atoms with E-state index in [4.69, 9.17) is 9.47 Å². The summed E-state index contributed by atoms with van der Waals surface area (Å²) in [6, 6.07) is 7.54. The monoisotopic (exact) mass is 392 g/mol. The van der Waals surface area contributed by atoms with Crippen LogP contribution in [-0.4, -0.2) is 25.9 Å². The van der Waals surface area contributed by atoms with E-state index in [0.29, 0.717) is 17.1 Å². The summed E-state index contributed by atoms with van der Waals surface area (Å²) in [4.78, 5) is 15.9. The van der Waals surface area contributed by atoms with Crippen molar-refractivity contribution in [2.75, 3.05) is 0 Å². The van der Waals surface area contributed by atoms with Crippen LogP contribution in [0.15, 0.2) is 41.3 Å². The highest BCUT2D eigenvalue weighted by Crippen LogP contribution is 2.48. The molecule has 0 saturated carbocycles. The molecule has 1 aliphatic heterocycles. The SMILES string of the molecule is Cc1n[nH]c(=O)n1-c1ccc(Oc2ccc3c(c2)C(C)(C(F)(F)F)OC3)nc1. The van der Waals surface area contributed by atoms with Gasteiger partial charge in [-0.3, -0.25) is 0 Å². The van der Waals surface area contributed by atoms with Crippen molar-refractivity contribution in [2.45, 2.75) is 32.2 Å². The molecular weight excluding hydrogens is 377 g/mol. The van der Waals surface area contributed by atoms with E-state index >= 15 is 0 Å². The Balaban J connectivity index is 1.61. The molecule has 0 radical (unpaired) electrons. The molecule has 3 heterocycles. The molecule has 3 aromatic rings. The van der Waals surface area contributed by atoms with Gasteiger partial charge >= 0.3 is 11.9 Å². The summed E-state index contributed by atoms with van der Waals surface area (Å²) in [5.41, 5.74) is -1.81. The summed E-state index contributed by atoms with van der Waals surface area (Å²) in [5, 5.41) is 6.14. The standard InChI is InChI=1S/C18H15F3N4O3/c1-10-23-24-16(26)25(10)12-4-6-15(22-8-12)28-13-5-3-11-9-27-17(2,14(11)7-13)18(19,20)21/h3-8H,9H2,1-2H3,(H,24,26). The van der Waals surface area contributed by atoms with Crippen LogP contribution in [0.5, 0.6) is 11.6 Å². The van der Waals surface area contributed by atoms with Crippen molar-refractivity contribution in [3.63, 3.8) is 0 Å². The number of alkyl halides is 3. The number of aromatic amines is 1. The normalized spacial score (nSPS) is 18.9. The number of nitrogens with zero attached hydrogens (tertiary/aromatic N) is 3. The Morgan fingerprint density at radius 1 is 1.29 bits per heavy atom. The number of halogens is 3. The van der Waals surface area contributed by atoms with Gasteiger partial charge < -0.3 is 9.47 Å². The third kappa shape index (κ3) is 2.85. The maximum Gasteiger partial charge on any atom is 0.421 e. The number of hydrogen-bond donors (Lipinski definition) is 1. The molecule has 28 heavy (non-hydrogen) atoms. The van der Waals surface area contributed by atoms with Crippen LogP contribution in [-0.2, 0) is 16.9 Å². The van der Waals surface area contributed by atoms with Gasteiger partial charge in [0.05, 0.1) is 18.5 Å². The fourth-order valence-electron chi connectivity index (χ4n) is 3.09. The second kappa shape index (κ2) is 6.20. The van der Waals surface area contributed by atoms with Crippen molar-refractivity contribution in [3.8, 4) is 17.3 Å². The molecule has 1 aromatic carbocycles. The smallest absolute Gasteiger partial charge is 0.421 e. The Morgan fingerprint density at radius 3 is 2.68 bits per heavy atom. The maximum atomic E-state index is 13.4. The van der Waals surface area contributed by atoms with Gasteiger partial charge in [0.1, 0.15) is 11.6 Å². The van der Waals surface area contributed by atoms with Gasteiger partial charge in [0.15, 0.2) is 5.60 Å². The van der Waals surface area contributed by atoms with Gasteiger partial charge in [-0.15, -0.1) is 0 Å². The van der Waals surface area contributed by atoms with Crippen molar-refractivity contribution < 1.29 is 22.6 Å². The first-order valence-corrected chi connectivity index (χ1v) is 8.31. The van der Waals surface area contributed by atoms with E-state index in [1.54, 1.807) is 25.1 Å². The lowest BCUT2D eigenvalue weighted by atomic mass is 9.93. The highest BCUT2D eigenvalue weighted by Gasteiger charge is 2.57. The van der Waals surface area contributed by atoms with Gasteiger partial charge in [-0.2, -0.15) is 18.3 Å². The van der Waals surface area contributed by atoms with E-state index in [-0.39, 0.29) is 23.8 Å². The highest BCUT2D eigenvalue weighted by atomic mass is 19.4. The molecule has 4 rings (SSSR count). The Kier molecular flexibility index (Phi) is 4.03. The van der Waals surface area contributed by atoms with Crippen molar-refractivity contribution in [2.24, 2.45) is 0 Å². The molecule has 7 nitrogen and oxygen atoms in total. The molecule has 0 saturated heterocycles. The zero-order chi connectivity index (χ0) is 20.1. The average Bonchev–Trinajstić information content (AvgIpc) is 3.16. The van der Waals surface area contributed by atoms with Gasteiger partial charge in [0.25, 0.3) is 0 Å². The van der Waals surface area contributed by atoms with Crippen molar-refractivity contribution in [1.82, 2.24) is 19.7 Å². The Bertz CT molecular complexity index is 1090. The molecule has 1 unspecified atom stereocenters. The van der Waals surface area contributed by atoms with E-state index in [1.807, 2.05) is 0 Å². The number of nitrogens with one attached hydrogen (secondary N) is 1. The van der Waals surface area contributed by atoms with Crippen LogP contribution in [0.4, 0.5) is 13.2 Å². The number of H-pyrrole nitrogens is 1. The second-order valence-electron chi connectivity index (χ2n) is 6.51. The summed E-state index contributed by atoms with van der Waals surface area (Å²) >= 11 is 0. The largest absolute Gasteiger partial charge is 0.439 e. The summed E-state index contributed by atoms with van der Waals surface area (Å²) in [6.07, 6.45) is -3.14. The molecule has 0 bridgehead atoms.